The topological polar surface area (TPSA) is 62.0 Å². The number of fused-ring (bicyclic) bond motifs is 1. The fourth-order valence-corrected chi connectivity index (χ4v) is 1.91. The van der Waals surface area contributed by atoms with Crippen LogP contribution in [0.25, 0.3) is 10.9 Å². The Morgan fingerprint density at radius 3 is 3.00 bits per heavy atom. The number of aromatic amines is 1. The van der Waals surface area contributed by atoms with Crippen molar-refractivity contribution in [1.29, 1.82) is 0 Å². The van der Waals surface area contributed by atoms with Crippen LogP contribution in [0.2, 0.25) is 5.02 Å². The first kappa shape index (κ1) is 10.5. The molecule has 0 saturated heterocycles. The summed E-state index contributed by atoms with van der Waals surface area (Å²) in [5.74, 6) is 0. The summed E-state index contributed by atoms with van der Waals surface area (Å²) in [5.41, 5.74) is 7.34. The number of rotatable bonds is 3. The van der Waals surface area contributed by atoms with Gasteiger partial charge in [0.25, 0.3) is 0 Å². The molecule has 80 valence electrons. The first-order valence-electron chi connectivity index (χ1n) is 4.85. The van der Waals surface area contributed by atoms with Gasteiger partial charge < -0.3 is 15.8 Å². The standard InChI is InChI=1S/C11H13ClN2O/c12-10-3-1-2-9-7(4-8(15)5-13)6-14-11(9)10/h1-3,6,8,14-15H,4-5,13H2. The van der Waals surface area contributed by atoms with E-state index in [0.717, 1.165) is 16.5 Å². The summed E-state index contributed by atoms with van der Waals surface area (Å²) in [4.78, 5) is 3.10. The third-order valence-electron chi connectivity index (χ3n) is 2.48. The van der Waals surface area contributed by atoms with Gasteiger partial charge in [0.2, 0.25) is 0 Å². The lowest BCUT2D eigenvalue weighted by Gasteiger charge is -2.05. The van der Waals surface area contributed by atoms with E-state index in [1.165, 1.54) is 0 Å². The normalized spacial score (nSPS) is 13.3. The van der Waals surface area contributed by atoms with Gasteiger partial charge in [-0.05, 0) is 11.6 Å². The summed E-state index contributed by atoms with van der Waals surface area (Å²) in [7, 11) is 0. The van der Waals surface area contributed by atoms with E-state index in [2.05, 4.69) is 4.98 Å². The molecule has 1 aromatic heterocycles. The molecule has 0 aliphatic heterocycles. The number of nitrogens with two attached hydrogens (primary N) is 1. The minimum absolute atomic E-state index is 0.271. The third kappa shape index (κ3) is 2.00. The van der Waals surface area contributed by atoms with E-state index in [9.17, 15) is 5.11 Å². The highest BCUT2D eigenvalue weighted by Crippen LogP contribution is 2.25. The van der Waals surface area contributed by atoms with Crippen molar-refractivity contribution < 1.29 is 5.11 Å². The molecule has 0 bridgehead atoms. The molecule has 1 aromatic carbocycles. The quantitative estimate of drug-likeness (QED) is 0.743. The second kappa shape index (κ2) is 4.23. The number of aromatic nitrogens is 1. The zero-order valence-corrected chi connectivity index (χ0v) is 8.96. The average molecular weight is 225 g/mol. The predicted molar refractivity (Wildman–Crippen MR) is 62.1 cm³/mol. The van der Waals surface area contributed by atoms with E-state index in [1.807, 2.05) is 24.4 Å². The van der Waals surface area contributed by atoms with Gasteiger partial charge in [0.05, 0.1) is 16.6 Å². The number of hydrogen-bond donors (Lipinski definition) is 3. The van der Waals surface area contributed by atoms with Gasteiger partial charge in [-0.25, -0.2) is 0 Å². The molecule has 3 nitrogen and oxygen atoms in total. The highest BCUT2D eigenvalue weighted by molar-refractivity contribution is 6.35. The van der Waals surface area contributed by atoms with Crippen molar-refractivity contribution in [3.63, 3.8) is 0 Å². The Balaban J connectivity index is 2.41. The molecule has 2 aromatic rings. The number of nitrogens with one attached hydrogen (secondary N) is 1. The molecule has 0 saturated carbocycles. The van der Waals surface area contributed by atoms with Crippen LogP contribution in [0.3, 0.4) is 0 Å². The van der Waals surface area contributed by atoms with E-state index in [4.69, 9.17) is 17.3 Å². The van der Waals surface area contributed by atoms with Crippen molar-refractivity contribution in [2.75, 3.05) is 6.54 Å². The molecule has 4 N–H and O–H groups in total. The maximum atomic E-state index is 9.49. The highest BCUT2D eigenvalue weighted by Gasteiger charge is 2.09. The van der Waals surface area contributed by atoms with Crippen LogP contribution in [0.4, 0.5) is 0 Å². The highest BCUT2D eigenvalue weighted by atomic mass is 35.5. The molecule has 2 rings (SSSR count). The summed E-state index contributed by atoms with van der Waals surface area (Å²) < 4.78 is 0. The van der Waals surface area contributed by atoms with Gasteiger partial charge in [-0.15, -0.1) is 0 Å². The smallest absolute Gasteiger partial charge is 0.0703 e. The molecule has 0 fully saturated rings. The van der Waals surface area contributed by atoms with E-state index in [1.54, 1.807) is 0 Å². The fraction of sp³-hybridized carbons (Fsp3) is 0.273. The summed E-state index contributed by atoms with van der Waals surface area (Å²) >= 11 is 6.02. The molecule has 15 heavy (non-hydrogen) atoms. The van der Waals surface area contributed by atoms with Crippen molar-refractivity contribution in [3.05, 3.63) is 35.0 Å². The minimum Gasteiger partial charge on any atom is -0.391 e. The lowest BCUT2D eigenvalue weighted by molar-refractivity contribution is 0.184. The molecule has 0 aliphatic carbocycles. The van der Waals surface area contributed by atoms with E-state index >= 15 is 0 Å². The zero-order chi connectivity index (χ0) is 10.8. The molecular weight excluding hydrogens is 212 g/mol. The van der Waals surface area contributed by atoms with Crippen LogP contribution in [-0.2, 0) is 6.42 Å². The van der Waals surface area contributed by atoms with Crippen LogP contribution in [0.15, 0.2) is 24.4 Å². The number of benzene rings is 1. The van der Waals surface area contributed by atoms with E-state index < -0.39 is 6.10 Å². The molecule has 1 heterocycles. The number of halogens is 1. The average Bonchev–Trinajstić information content (AvgIpc) is 2.63. The Labute approximate surface area is 92.9 Å². The van der Waals surface area contributed by atoms with Crippen LogP contribution in [0, 0.1) is 0 Å². The summed E-state index contributed by atoms with van der Waals surface area (Å²) in [5, 5.41) is 11.2. The van der Waals surface area contributed by atoms with Crippen LogP contribution in [-0.4, -0.2) is 22.7 Å². The van der Waals surface area contributed by atoms with Crippen LogP contribution in [0.1, 0.15) is 5.56 Å². The molecule has 1 unspecified atom stereocenters. The Kier molecular flexibility index (Phi) is 2.95. The third-order valence-corrected chi connectivity index (χ3v) is 2.79. The number of aliphatic hydroxyl groups excluding tert-OH is 1. The van der Waals surface area contributed by atoms with Crippen LogP contribution >= 0.6 is 11.6 Å². The fourth-order valence-electron chi connectivity index (χ4n) is 1.68. The largest absolute Gasteiger partial charge is 0.391 e. The Bertz CT molecular complexity index is 467. The molecule has 0 amide bonds. The minimum atomic E-state index is -0.497. The van der Waals surface area contributed by atoms with Gasteiger partial charge in [-0.3, -0.25) is 0 Å². The van der Waals surface area contributed by atoms with Gasteiger partial charge in [0.15, 0.2) is 0 Å². The molecular formula is C11H13ClN2O. The molecule has 0 spiro atoms. The number of aliphatic hydroxyl groups is 1. The number of H-pyrrole nitrogens is 1. The zero-order valence-electron chi connectivity index (χ0n) is 8.20. The first-order valence-corrected chi connectivity index (χ1v) is 5.22. The van der Waals surface area contributed by atoms with E-state index in [0.29, 0.717) is 11.4 Å². The van der Waals surface area contributed by atoms with Gasteiger partial charge in [0, 0.05) is 24.5 Å². The van der Waals surface area contributed by atoms with Crippen LogP contribution < -0.4 is 5.73 Å². The monoisotopic (exact) mass is 224 g/mol. The maximum Gasteiger partial charge on any atom is 0.0703 e. The molecule has 4 heteroatoms. The van der Waals surface area contributed by atoms with Crippen molar-refractivity contribution in [1.82, 2.24) is 4.98 Å². The number of hydrogen-bond acceptors (Lipinski definition) is 2. The molecule has 0 radical (unpaired) electrons. The Morgan fingerprint density at radius 1 is 1.47 bits per heavy atom. The molecule has 0 aliphatic rings. The number of para-hydroxylation sites is 1. The summed E-state index contributed by atoms with van der Waals surface area (Å²) in [6.07, 6.45) is 1.93. The van der Waals surface area contributed by atoms with Crippen LogP contribution in [0.5, 0.6) is 0 Å². The lowest BCUT2D eigenvalue weighted by atomic mass is 10.1. The lowest BCUT2D eigenvalue weighted by Crippen LogP contribution is -2.21. The Morgan fingerprint density at radius 2 is 2.27 bits per heavy atom. The SMILES string of the molecule is NCC(O)Cc1c[nH]c2c(Cl)cccc12. The maximum absolute atomic E-state index is 9.49. The van der Waals surface area contributed by atoms with Gasteiger partial charge in [0.1, 0.15) is 0 Å². The predicted octanol–water partition coefficient (Wildman–Crippen LogP) is 1.68. The van der Waals surface area contributed by atoms with Crippen molar-refractivity contribution >= 4 is 22.5 Å². The van der Waals surface area contributed by atoms with Crippen molar-refractivity contribution in [2.24, 2.45) is 5.73 Å². The summed E-state index contributed by atoms with van der Waals surface area (Å²) in [6, 6.07) is 5.72. The molecule has 1 atom stereocenters. The second-order valence-electron chi connectivity index (χ2n) is 3.57. The van der Waals surface area contributed by atoms with Gasteiger partial charge >= 0.3 is 0 Å². The van der Waals surface area contributed by atoms with Gasteiger partial charge in [-0.1, -0.05) is 23.7 Å². The first-order chi connectivity index (χ1) is 7.22. The van der Waals surface area contributed by atoms with Gasteiger partial charge in [-0.2, -0.15) is 0 Å². The van der Waals surface area contributed by atoms with Crippen molar-refractivity contribution in [3.8, 4) is 0 Å². The summed E-state index contributed by atoms with van der Waals surface area (Å²) in [6.45, 7) is 0.271. The second-order valence-corrected chi connectivity index (χ2v) is 3.98. The van der Waals surface area contributed by atoms with Crippen molar-refractivity contribution in [2.45, 2.75) is 12.5 Å². The Hall–Kier alpha value is -1.03. The van der Waals surface area contributed by atoms with E-state index in [-0.39, 0.29) is 6.54 Å².